The number of para-hydroxylation sites is 1. The van der Waals surface area contributed by atoms with E-state index < -0.39 is 17.8 Å². The highest BCUT2D eigenvalue weighted by molar-refractivity contribution is 5.90. The van der Waals surface area contributed by atoms with Crippen molar-refractivity contribution in [3.8, 4) is 0 Å². The molecule has 1 aromatic rings. The fourth-order valence-electron chi connectivity index (χ4n) is 2.90. The number of rotatable bonds is 1. The Kier molecular flexibility index (Phi) is 3.00. The highest BCUT2D eigenvalue weighted by Crippen LogP contribution is 2.34. The fourth-order valence-corrected chi connectivity index (χ4v) is 2.90. The number of nitrogens with zero attached hydrogens (tertiary/aromatic N) is 2. The van der Waals surface area contributed by atoms with Crippen LogP contribution in [0.3, 0.4) is 0 Å². The minimum Gasteiger partial charge on any atom is -0.465 e. The van der Waals surface area contributed by atoms with Crippen LogP contribution in [-0.2, 0) is 4.74 Å². The number of likely N-dealkylation sites (tertiary alicyclic amines) is 1. The van der Waals surface area contributed by atoms with Gasteiger partial charge in [0.05, 0.1) is 13.1 Å². The Morgan fingerprint density at radius 3 is 2.70 bits per heavy atom. The Hall–Kier alpha value is -2.24. The smallest absolute Gasteiger partial charge is 0.415 e. The zero-order chi connectivity index (χ0) is 14.2. The molecular formula is C14H16N2O4. The third kappa shape index (κ3) is 2.17. The summed E-state index contributed by atoms with van der Waals surface area (Å²) in [6, 6.07) is 9.29. The maximum atomic E-state index is 12.1. The van der Waals surface area contributed by atoms with Crippen LogP contribution in [0.25, 0.3) is 0 Å². The molecule has 20 heavy (non-hydrogen) atoms. The topological polar surface area (TPSA) is 70.1 Å². The Labute approximate surface area is 116 Å². The van der Waals surface area contributed by atoms with Gasteiger partial charge in [-0.2, -0.15) is 0 Å². The summed E-state index contributed by atoms with van der Waals surface area (Å²) in [5, 5.41) is 9.10. The van der Waals surface area contributed by atoms with Gasteiger partial charge >= 0.3 is 12.2 Å². The van der Waals surface area contributed by atoms with Crippen molar-refractivity contribution >= 4 is 17.9 Å². The van der Waals surface area contributed by atoms with Gasteiger partial charge in [-0.3, -0.25) is 4.90 Å². The van der Waals surface area contributed by atoms with Crippen molar-refractivity contribution in [2.24, 2.45) is 0 Å². The van der Waals surface area contributed by atoms with Gasteiger partial charge in [0.2, 0.25) is 0 Å². The molecule has 1 atom stereocenters. The molecule has 0 aliphatic carbocycles. The number of benzene rings is 1. The van der Waals surface area contributed by atoms with E-state index in [1.54, 1.807) is 4.90 Å². The van der Waals surface area contributed by atoms with Crippen molar-refractivity contribution in [3.63, 3.8) is 0 Å². The van der Waals surface area contributed by atoms with Gasteiger partial charge in [-0.25, -0.2) is 9.59 Å². The Balaban J connectivity index is 1.80. The molecule has 1 unspecified atom stereocenters. The fraction of sp³-hybridized carbons (Fsp3) is 0.429. The van der Waals surface area contributed by atoms with Gasteiger partial charge in [-0.05, 0) is 25.0 Å². The van der Waals surface area contributed by atoms with Gasteiger partial charge in [-0.1, -0.05) is 18.2 Å². The average Bonchev–Trinajstić information content (AvgIpc) is 2.76. The molecule has 0 saturated carbocycles. The molecule has 2 aliphatic rings. The Bertz CT molecular complexity index is 533. The summed E-state index contributed by atoms with van der Waals surface area (Å²) >= 11 is 0. The zero-order valence-electron chi connectivity index (χ0n) is 11.0. The minimum absolute atomic E-state index is 0.247. The van der Waals surface area contributed by atoms with Crippen molar-refractivity contribution in [1.82, 2.24) is 4.90 Å². The molecule has 6 nitrogen and oxygen atoms in total. The lowest BCUT2D eigenvalue weighted by molar-refractivity contribution is -0.00403. The maximum Gasteiger partial charge on any atom is 0.415 e. The van der Waals surface area contributed by atoms with E-state index in [-0.39, 0.29) is 6.54 Å². The molecule has 3 rings (SSSR count). The van der Waals surface area contributed by atoms with Crippen molar-refractivity contribution in [2.75, 3.05) is 24.5 Å². The lowest BCUT2D eigenvalue weighted by Crippen LogP contribution is -2.52. The highest BCUT2D eigenvalue weighted by atomic mass is 16.6. The second-order valence-electron chi connectivity index (χ2n) is 5.28. The van der Waals surface area contributed by atoms with Crippen molar-refractivity contribution < 1.29 is 19.4 Å². The molecule has 106 valence electrons. The normalized spacial score (nSPS) is 25.9. The lowest BCUT2D eigenvalue weighted by Gasteiger charge is -2.36. The molecule has 0 bridgehead atoms. The number of carbonyl (C=O) groups is 2. The van der Waals surface area contributed by atoms with Crippen LogP contribution in [-0.4, -0.2) is 47.4 Å². The third-order valence-corrected chi connectivity index (χ3v) is 3.85. The van der Waals surface area contributed by atoms with Crippen LogP contribution in [0, 0.1) is 0 Å². The second-order valence-corrected chi connectivity index (χ2v) is 5.28. The average molecular weight is 276 g/mol. The van der Waals surface area contributed by atoms with Gasteiger partial charge in [-0.15, -0.1) is 0 Å². The molecule has 2 fully saturated rings. The maximum absolute atomic E-state index is 12.1. The third-order valence-electron chi connectivity index (χ3n) is 3.85. The number of ether oxygens (including phenoxy) is 1. The van der Waals surface area contributed by atoms with E-state index in [4.69, 9.17) is 9.84 Å². The standard InChI is InChI=1S/C14H16N2O4/c17-12(18)15-8-4-7-14(9-15)10-16(13(19)20-14)11-5-2-1-3-6-11/h1-3,5-6H,4,7-10H2,(H,17,18). The van der Waals surface area contributed by atoms with Crippen LogP contribution < -0.4 is 4.90 Å². The summed E-state index contributed by atoms with van der Waals surface area (Å²) in [5.41, 5.74) is 0.0747. The van der Waals surface area contributed by atoms with Crippen LogP contribution in [0.2, 0.25) is 0 Å². The molecule has 1 aromatic carbocycles. The number of piperidine rings is 1. The van der Waals surface area contributed by atoms with E-state index in [0.717, 1.165) is 5.69 Å². The number of hydrogen-bond donors (Lipinski definition) is 1. The predicted molar refractivity (Wildman–Crippen MR) is 71.8 cm³/mol. The molecule has 1 spiro atoms. The van der Waals surface area contributed by atoms with E-state index >= 15 is 0 Å². The highest BCUT2D eigenvalue weighted by Gasteiger charge is 2.49. The molecule has 6 heteroatoms. The van der Waals surface area contributed by atoms with E-state index in [0.29, 0.717) is 25.9 Å². The van der Waals surface area contributed by atoms with E-state index in [2.05, 4.69) is 0 Å². The van der Waals surface area contributed by atoms with Crippen molar-refractivity contribution in [2.45, 2.75) is 18.4 Å². The first-order valence-corrected chi connectivity index (χ1v) is 6.63. The summed E-state index contributed by atoms with van der Waals surface area (Å²) in [6.45, 7) is 1.15. The number of carboxylic acid groups (broad SMARTS) is 1. The molecule has 2 heterocycles. The predicted octanol–water partition coefficient (Wildman–Crippen LogP) is 2.16. The van der Waals surface area contributed by atoms with Gasteiger partial charge in [0.15, 0.2) is 0 Å². The van der Waals surface area contributed by atoms with Crippen LogP contribution >= 0.6 is 0 Å². The molecule has 0 radical (unpaired) electrons. The van der Waals surface area contributed by atoms with Crippen molar-refractivity contribution in [1.29, 1.82) is 0 Å². The van der Waals surface area contributed by atoms with Gasteiger partial charge < -0.3 is 14.7 Å². The Morgan fingerprint density at radius 1 is 1.25 bits per heavy atom. The second kappa shape index (κ2) is 4.70. The zero-order valence-corrected chi connectivity index (χ0v) is 11.0. The summed E-state index contributed by atoms with van der Waals surface area (Å²) in [7, 11) is 0. The molecule has 2 saturated heterocycles. The van der Waals surface area contributed by atoms with E-state index in [1.807, 2.05) is 30.3 Å². The Morgan fingerprint density at radius 2 is 2.00 bits per heavy atom. The summed E-state index contributed by atoms with van der Waals surface area (Å²) < 4.78 is 5.52. The number of anilines is 1. The summed E-state index contributed by atoms with van der Waals surface area (Å²) in [6.07, 6.45) is 0.0513. The van der Waals surface area contributed by atoms with Gasteiger partial charge in [0.1, 0.15) is 5.60 Å². The van der Waals surface area contributed by atoms with E-state index in [1.165, 1.54) is 4.90 Å². The lowest BCUT2D eigenvalue weighted by atomic mass is 9.93. The number of amides is 2. The van der Waals surface area contributed by atoms with Crippen LogP contribution in [0.15, 0.2) is 30.3 Å². The summed E-state index contributed by atoms with van der Waals surface area (Å²) in [4.78, 5) is 26.1. The summed E-state index contributed by atoms with van der Waals surface area (Å²) in [5.74, 6) is 0. The monoisotopic (exact) mass is 276 g/mol. The first-order chi connectivity index (χ1) is 9.60. The minimum atomic E-state index is -0.960. The van der Waals surface area contributed by atoms with E-state index in [9.17, 15) is 9.59 Å². The largest absolute Gasteiger partial charge is 0.465 e. The van der Waals surface area contributed by atoms with Crippen LogP contribution in [0.4, 0.5) is 15.3 Å². The molecule has 2 aliphatic heterocycles. The molecule has 2 amide bonds. The molecular weight excluding hydrogens is 260 g/mol. The number of hydrogen-bond acceptors (Lipinski definition) is 3. The first-order valence-electron chi connectivity index (χ1n) is 6.63. The van der Waals surface area contributed by atoms with Crippen molar-refractivity contribution in [3.05, 3.63) is 30.3 Å². The van der Waals surface area contributed by atoms with Gasteiger partial charge in [0, 0.05) is 12.2 Å². The van der Waals surface area contributed by atoms with Crippen LogP contribution in [0.1, 0.15) is 12.8 Å². The first kappa shape index (κ1) is 12.8. The molecule has 1 N–H and O–H groups in total. The quantitative estimate of drug-likeness (QED) is 0.853. The number of carbonyl (C=O) groups excluding carboxylic acids is 1. The van der Waals surface area contributed by atoms with Gasteiger partial charge in [0.25, 0.3) is 0 Å². The SMILES string of the molecule is O=C(O)N1CCCC2(C1)CN(c1ccccc1)C(=O)O2. The molecule has 0 aromatic heterocycles. The van der Waals surface area contributed by atoms with Crippen LogP contribution in [0.5, 0.6) is 0 Å².